The van der Waals surface area contributed by atoms with Gasteiger partial charge in [0.2, 0.25) is 0 Å². The Kier molecular flexibility index (Phi) is 16.3. The van der Waals surface area contributed by atoms with E-state index in [-0.39, 0.29) is 37.1 Å². The number of cyclic esters (lactones) is 1. The van der Waals surface area contributed by atoms with Crippen molar-refractivity contribution in [1.29, 1.82) is 0 Å². The highest BCUT2D eigenvalue weighted by Crippen LogP contribution is 2.41. The van der Waals surface area contributed by atoms with Crippen LogP contribution in [0.1, 0.15) is 102 Å². The SMILES string of the molecule is CC[C@H]1OC(=O)[C@H](C)[C@@H](O[C@H]2C[C@@](C)(OC)[C@@H](O)[C@H](C)O2)[C@H](C)[C@@H](O[C@@H]2O[C@H](C)C[C@H](N(C)C)[C@H]2O)[C@](C)(O)C[C@@H](C)/C(=N\OC(C)=O)[C@H](C)[C@@H](O)[C@]1(C)O. The fourth-order valence-electron chi connectivity index (χ4n) is 8.71. The third kappa shape index (κ3) is 10.8. The number of hydrogen-bond acceptors (Lipinski definition) is 16. The molecule has 55 heavy (non-hydrogen) atoms. The molecule has 0 unspecified atom stereocenters. The maximum absolute atomic E-state index is 14.2. The predicted octanol–water partition coefficient (Wildman–Crippen LogP) is 2.14. The molecule has 3 saturated heterocycles. The minimum Gasteiger partial charge on any atom is -0.459 e. The first-order valence-electron chi connectivity index (χ1n) is 19.6. The fourth-order valence-corrected chi connectivity index (χ4v) is 8.71. The zero-order valence-corrected chi connectivity index (χ0v) is 35.3. The third-order valence-electron chi connectivity index (χ3n) is 12.1. The van der Waals surface area contributed by atoms with Crippen molar-refractivity contribution in [2.24, 2.45) is 28.8 Å². The van der Waals surface area contributed by atoms with Crippen molar-refractivity contribution in [3.63, 3.8) is 0 Å². The van der Waals surface area contributed by atoms with Crippen LogP contribution in [0.5, 0.6) is 0 Å². The van der Waals surface area contributed by atoms with E-state index in [2.05, 4.69) is 5.16 Å². The number of oxime groups is 1. The van der Waals surface area contributed by atoms with Gasteiger partial charge >= 0.3 is 11.9 Å². The zero-order valence-electron chi connectivity index (χ0n) is 35.3. The van der Waals surface area contributed by atoms with Gasteiger partial charge in [0, 0.05) is 44.2 Å². The molecule has 0 aliphatic carbocycles. The lowest BCUT2D eigenvalue weighted by Crippen LogP contribution is -2.61. The van der Waals surface area contributed by atoms with Gasteiger partial charge in [-0.2, -0.15) is 0 Å². The van der Waals surface area contributed by atoms with Gasteiger partial charge in [-0.25, -0.2) is 4.79 Å². The average Bonchev–Trinajstić information content (AvgIpc) is 3.09. The summed E-state index contributed by atoms with van der Waals surface area (Å²) in [4.78, 5) is 33.1. The van der Waals surface area contributed by atoms with Crippen molar-refractivity contribution in [1.82, 2.24) is 4.90 Å². The second-order valence-electron chi connectivity index (χ2n) is 17.2. The number of nitrogens with zero attached hydrogens (tertiary/aromatic N) is 2. The van der Waals surface area contributed by atoms with Gasteiger partial charge in [0.25, 0.3) is 0 Å². The summed E-state index contributed by atoms with van der Waals surface area (Å²) < 4.78 is 37.4. The van der Waals surface area contributed by atoms with Crippen LogP contribution in [-0.2, 0) is 42.8 Å². The summed E-state index contributed by atoms with van der Waals surface area (Å²) in [6.07, 6.45) is -9.83. The summed E-state index contributed by atoms with van der Waals surface area (Å²) in [6.45, 7) is 17.8. The van der Waals surface area contributed by atoms with Crippen molar-refractivity contribution in [2.45, 2.75) is 186 Å². The largest absolute Gasteiger partial charge is 0.459 e. The van der Waals surface area contributed by atoms with Gasteiger partial charge in [-0.1, -0.05) is 32.9 Å². The zero-order chi connectivity index (χ0) is 42.0. The summed E-state index contributed by atoms with van der Waals surface area (Å²) in [5.74, 6) is -5.09. The van der Waals surface area contributed by atoms with Crippen LogP contribution in [0.4, 0.5) is 0 Å². The van der Waals surface area contributed by atoms with Crippen molar-refractivity contribution in [3.8, 4) is 0 Å². The van der Waals surface area contributed by atoms with Crippen LogP contribution < -0.4 is 0 Å². The minimum atomic E-state index is -2.01. The Morgan fingerprint density at radius 1 is 0.945 bits per heavy atom. The molecule has 5 N–H and O–H groups in total. The molecule has 18 atom stereocenters. The molecular formula is C39H70N2O14. The topological polar surface area (TPSA) is 215 Å². The second kappa shape index (κ2) is 18.8. The molecule has 3 aliphatic heterocycles. The van der Waals surface area contributed by atoms with Crippen LogP contribution >= 0.6 is 0 Å². The molecule has 3 heterocycles. The summed E-state index contributed by atoms with van der Waals surface area (Å²) in [6, 6.07) is -0.341. The van der Waals surface area contributed by atoms with Gasteiger partial charge in [-0.15, -0.1) is 0 Å². The highest BCUT2D eigenvalue weighted by molar-refractivity contribution is 5.89. The number of hydrogen-bond donors (Lipinski definition) is 5. The molecule has 0 amide bonds. The van der Waals surface area contributed by atoms with Crippen LogP contribution in [0.25, 0.3) is 0 Å². The summed E-state index contributed by atoms with van der Waals surface area (Å²) in [7, 11) is 5.17. The van der Waals surface area contributed by atoms with Crippen molar-refractivity contribution < 1.29 is 68.4 Å². The molecular weight excluding hydrogens is 720 g/mol. The van der Waals surface area contributed by atoms with Gasteiger partial charge in [0.05, 0.1) is 53.4 Å². The monoisotopic (exact) mass is 790 g/mol. The number of rotatable bonds is 8. The molecule has 0 bridgehead atoms. The van der Waals surface area contributed by atoms with E-state index in [1.165, 1.54) is 21.0 Å². The minimum absolute atomic E-state index is 0.0811. The number of likely N-dealkylation sites (N-methyl/N-ethyl adjacent to an activating group) is 1. The number of aliphatic hydroxyl groups excluding tert-OH is 3. The number of methoxy groups -OCH3 is 1. The van der Waals surface area contributed by atoms with Crippen LogP contribution in [-0.4, -0.2) is 154 Å². The number of carbonyl (C=O) groups is 2. The molecule has 0 aromatic carbocycles. The smallest absolute Gasteiger partial charge is 0.331 e. The first kappa shape index (κ1) is 47.5. The lowest BCUT2D eigenvalue weighted by atomic mass is 9.73. The molecule has 3 aliphatic rings. The quantitative estimate of drug-likeness (QED) is 0.135. The summed E-state index contributed by atoms with van der Waals surface area (Å²) >= 11 is 0. The molecule has 0 aromatic heterocycles. The molecule has 0 aromatic rings. The van der Waals surface area contributed by atoms with E-state index in [9.17, 15) is 35.1 Å². The van der Waals surface area contributed by atoms with E-state index in [0.29, 0.717) is 6.42 Å². The fraction of sp³-hybridized carbons (Fsp3) is 0.923. The van der Waals surface area contributed by atoms with Gasteiger partial charge in [0.15, 0.2) is 12.6 Å². The molecule has 0 radical (unpaired) electrons. The van der Waals surface area contributed by atoms with Crippen LogP contribution in [0, 0.1) is 23.7 Å². The van der Waals surface area contributed by atoms with Gasteiger partial charge in [-0.05, 0) is 74.9 Å². The van der Waals surface area contributed by atoms with Gasteiger partial charge in [0.1, 0.15) is 23.9 Å². The van der Waals surface area contributed by atoms with E-state index in [1.807, 2.05) is 25.9 Å². The van der Waals surface area contributed by atoms with E-state index in [0.717, 1.165) is 0 Å². The molecule has 320 valence electrons. The maximum Gasteiger partial charge on any atom is 0.331 e. The first-order chi connectivity index (χ1) is 25.3. The Balaban J connectivity index is 2.26. The highest BCUT2D eigenvalue weighted by atomic mass is 16.7. The lowest BCUT2D eigenvalue weighted by Gasteiger charge is -2.49. The van der Waals surface area contributed by atoms with Crippen molar-refractivity contribution >= 4 is 17.7 Å². The van der Waals surface area contributed by atoms with Gasteiger partial charge in [-0.3, -0.25) is 4.79 Å². The Morgan fingerprint density at radius 3 is 2.11 bits per heavy atom. The number of esters is 1. The van der Waals surface area contributed by atoms with Crippen LogP contribution in [0.2, 0.25) is 0 Å². The van der Waals surface area contributed by atoms with Crippen LogP contribution in [0.3, 0.4) is 0 Å². The number of ether oxygens (including phenoxy) is 6. The third-order valence-corrected chi connectivity index (χ3v) is 12.1. The summed E-state index contributed by atoms with van der Waals surface area (Å²) in [5, 5.41) is 62.8. The first-order valence-corrected chi connectivity index (χ1v) is 19.6. The average molecular weight is 791 g/mol. The summed E-state index contributed by atoms with van der Waals surface area (Å²) in [5.41, 5.74) is -4.72. The normalized spacial score (nSPS) is 47.6. The molecule has 3 fully saturated rings. The van der Waals surface area contributed by atoms with E-state index < -0.39 is 108 Å². The van der Waals surface area contributed by atoms with Crippen molar-refractivity contribution in [3.05, 3.63) is 0 Å². The predicted molar refractivity (Wildman–Crippen MR) is 200 cm³/mol. The Morgan fingerprint density at radius 2 is 1.56 bits per heavy atom. The van der Waals surface area contributed by atoms with Gasteiger partial charge < -0.3 is 63.7 Å². The van der Waals surface area contributed by atoms with Crippen LogP contribution in [0.15, 0.2) is 5.16 Å². The maximum atomic E-state index is 14.2. The standard InChI is InChI=1S/C39H70N2O14/c1-15-27-39(11,48)32(44)21(4)29(40-55-25(8)42)19(2)17-37(9,47)34(54-36-30(43)26(41(12)13)16-20(3)50-36)22(5)31(23(6)35(46)52-27)53-28-18-38(10,49-14)33(45)24(7)51-28/h19-24,26-28,30-34,36,43-45,47-48H,15-18H2,1-14H3/b40-29+/t19-,20-,21+,22+,23-,24+,26+,27-,28+,30-,31+,32-,33+,34-,36+,37-,38-,39-/m1/s1. The molecule has 0 saturated carbocycles. The molecule has 0 spiro atoms. The molecule has 3 rings (SSSR count). The van der Waals surface area contributed by atoms with E-state index >= 15 is 0 Å². The Labute approximate surface area is 326 Å². The molecule has 16 nitrogen and oxygen atoms in total. The molecule has 16 heteroatoms. The Hall–Kier alpha value is -1.83. The second-order valence-corrected chi connectivity index (χ2v) is 17.2. The van der Waals surface area contributed by atoms with Crippen molar-refractivity contribution in [2.75, 3.05) is 21.2 Å². The lowest BCUT2D eigenvalue weighted by molar-refractivity contribution is -0.317. The van der Waals surface area contributed by atoms with E-state index in [1.54, 1.807) is 55.4 Å². The number of carbonyl (C=O) groups excluding carboxylic acids is 2. The van der Waals surface area contributed by atoms with E-state index in [4.69, 9.17) is 33.3 Å². The highest BCUT2D eigenvalue weighted by Gasteiger charge is 2.53. The Bertz CT molecular complexity index is 1310. The number of aliphatic hydroxyl groups is 5.